The third-order valence-electron chi connectivity index (χ3n) is 3.09. The predicted molar refractivity (Wildman–Crippen MR) is 207 cm³/mol. The second-order valence-corrected chi connectivity index (χ2v) is 8.49. The van der Waals surface area contributed by atoms with Crippen LogP contribution in [0.5, 0.6) is 0 Å². The fraction of sp³-hybridized carbons (Fsp3) is 1.00. The van der Waals surface area contributed by atoms with Crippen molar-refractivity contribution >= 4 is 0 Å². The summed E-state index contributed by atoms with van der Waals surface area (Å²) in [7, 11) is 4.00. The highest BCUT2D eigenvalue weighted by Gasteiger charge is 2.73. The van der Waals surface area contributed by atoms with Gasteiger partial charge in [-0.25, -0.2) is 30.7 Å². The number of hydrogen-bond donors (Lipinski definition) is 0. The van der Waals surface area contributed by atoms with E-state index < -0.39 is 108 Å². The van der Waals surface area contributed by atoms with Crippen molar-refractivity contribution in [3.63, 3.8) is 0 Å². The Morgan fingerprint density at radius 1 is 0.308 bits per heavy atom. The Bertz CT molecular complexity index is 898. The molecule has 0 amide bonds. The van der Waals surface area contributed by atoms with E-state index in [4.69, 9.17) is 0 Å². The summed E-state index contributed by atoms with van der Waals surface area (Å²) in [6.07, 6.45) is -34.6. The van der Waals surface area contributed by atoms with E-state index in [9.17, 15) is 171 Å². The van der Waals surface area contributed by atoms with Gasteiger partial charge in [-0.1, -0.05) is 0 Å². The molecule has 502 valence electrons. The summed E-state index contributed by atoms with van der Waals surface area (Å²) in [4.78, 5) is 1.88. The molecule has 0 saturated heterocycles. The highest BCUT2D eigenvalue weighted by Crippen LogP contribution is 2.46. The van der Waals surface area contributed by atoms with Gasteiger partial charge in [-0.15, -0.1) is 4.94 Å². The van der Waals surface area contributed by atoms with Crippen LogP contribution < -0.4 is 0 Å². The Balaban J connectivity index is -0.0000000359. The van der Waals surface area contributed by atoms with Crippen LogP contribution in [-0.2, 0) is 23.9 Å². The maximum Gasteiger partial charge on any atom is 0.428 e. The summed E-state index contributed by atoms with van der Waals surface area (Å²) in [5, 5.41) is 0. The van der Waals surface area contributed by atoms with E-state index in [1.54, 1.807) is 0 Å². The first-order valence-corrected chi connectivity index (χ1v) is 17.7. The minimum absolute atomic E-state index is 0.250. The third-order valence-corrected chi connectivity index (χ3v) is 3.09. The van der Waals surface area contributed by atoms with Crippen LogP contribution in [0, 0.1) is 0 Å². The molecule has 0 N–H and O–H groups in total. The van der Waals surface area contributed by atoms with Crippen molar-refractivity contribution < 1.29 is 195 Å². The zero-order valence-corrected chi connectivity index (χ0v) is 42.8. The molecular weight excluding hydrogens is 1230 g/mol. The Hall–Kier alpha value is -2.93. The Morgan fingerprint density at radius 2 is 0.526 bits per heavy atom. The summed E-state index contributed by atoms with van der Waals surface area (Å²) in [6, 6.07) is 0. The van der Waals surface area contributed by atoms with Gasteiger partial charge < -0.3 is 0 Å². The van der Waals surface area contributed by atoms with Gasteiger partial charge >= 0.3 is 54.7 Å². The van der Waals surface area contributed by atoms with Crippen LogP contribution in [0.1, 0.15) is 41.0 Å². The minimum Gasteiger partial charge on any atom is -0.289 e. The van der Waals surface area contributed by atoms with Crippen molar-refractivity contribution in [1.82, 2.24) is 0 Å². The lowest BCUT2D eigenvalue weighted by atomic mass is 10.2. The van der Waals surface area contributed by atoms with E-state index >= 15 is 0 Å². The Kier molecular flexibility index (Phi) is 134. The molecule has 0 saturated carbocycles. The van der Waals surface area contributed by atoms with Crippen LogP contribution in [0.3, 0.4) is 0 Å². The van der Waals surface area contributed by atoms with Crippen molar-refractivity contribution in [2.24, 2.45) is 0 Å². The first-order valence-electron chi connectivity index (χ1n) is 17.7. The predicted octanol–water partition coefficient (Wildman–Crippen LogP) is 18.9. The SMILES string of the molecule is CC(F)(F)OCF.CCF.CCF.CCF.CCF.CF.CF.CF.CF.CF.CF.CF.CF.FCC(F)(F)OC(F)(F)CF.FCC(F)(F)OF.FCOC(F)(F)C(F)(F)C(F)(F)CF.FCOC(F)(F)CC(F)(F)F. The van der Waals surface area contributed by atoms with Crippen LogP contribution >= 0.6 is 0 Å². The molecule has 44 heteroatoms. The molecule has 0 heterocycles. The Morgan fingerprint density at radius 3 is 0.641 bits per heavy atom. The van der Waals surface area contributed by atoms with Crippen molar-refractivity contribution in [3.8, 4) is 0 Å². The number of ether oxygens (including phenoxy) is 4. The molecule has 0 radical (unpaired) electrons. The molecule has 0 fully saturated rings. The number of halogens is 39. The van der Waals surface area contributed by atoms with Crippen LogP contribution in [0.15, 0.2) is 0 Å². The topological polar surface area (TPSA) is 46.2 Å². The van der Waals surface area contributed by atoms with Crippen LogP contribution in [-0.4, -0.2) is 186 Å². The van der Waals surface area contributed by atoms with Gasteiger partial charge in [0.25, 0.3) is 0 Å². The maximum absolute atomic E-state index is 12.1. The molecule has 0 aromatic rings. The number of alkyl halides is 38. The molecule has 0 aliphatic heterocycles. The molecule has 5 nitrogen and oxygen atoms in total. The standard InChI is InChI=1S/C5H4F8O.2C4H4F6O.C3H5F3O.C2H2F4O.4C2H5F.8CH3F/c6-1-3(8,9)4(10,11)5(12,13)14-2-7;5-1-3(7,8)11-4(9,10)2-6;5-2-11-4(9,10)1-3(6,7)8;1-3(5,6)7-2-4;3-1-2(4,5)7-6;4*1-2-3;8*1-2/h1-2H2;2*1-2H2;2H2,1H3;1H2;4*2H2,1H3;8*1H3. The first kappa shape index (κ1) is 122. The van der Waals surface area contributed by atoms with Crippen molar-refractivity contribution in [3.05, 3.63) is 0 Å². The fourth-order valence-electron chi connectivity index (χ4n) is 1.21. The lowest BCUT2D eigenvalue weighted by molar-refractivity contribution is -0.405. The summed E-state index contributed by atoms with van der Waals surface area (Å²) >= 11 is 0. The van der Waals surface area contributed by atoms with Crippen molar-refractivity contribution in [1.29, 1.82) is 0 Å². The van der Waals surface area contributed by atoms with Crippen molar-refractivity contribution in [2.45, 2.75) is 95.7 Å². The van der Waals surface area contributed by atoms with E-state index in [-0.39, 0.29) is 26.7 Å². The first-order chi connectivity index (χ1) is 35.6. The average Bonchev–Trinajstić information content (AvgIpc) is 3.37. The average molecular weight is 1290 g/mol. The molecule has 0 aromatic carbocycles. The molecule has 0 atom stereocenters. The molecule has 78 heavy (non-hydrogen) atoms. The zero-order valence-electron chi connectivity index (χ0n) is 42.8. The summed E-state index contributed by atoms with van der Waals surface area (Å²) in [5.74, 6) is -11.7. The zero-order chi connectivity index (χ0) is 68.5. The fourth-order valence-corrected chi connectivity index (χ4v) is 1.21. The molecule has 0 spiro atoms. The van der Waals surface area contributed by atoms with Crippen LogP contribution in [0.4, 0.5) is 171 Å². The molecule has 0 aromatic heterocycles. The maximum atomic E-state index is 12.1. The van der Waals surface area contributed by atoms with Gasteiger partial charge in [-0.2, -0.15) is 83.4 Å². The second kappa shape index (κ2) is 85.4. The molecule has 0 aliphatic carbocycles. The highest BCUT2D eigenvalue weighted by atomic mass is 19.4. The van der Waals surface area contributed by atoms with Crippen LogP contribution in [0.2, 0.25) is 0 Å². The monoisotopic (exact) mass is 1290 g/mol. The van der Waals surface area contributed by atoms with Crippen LogP contribution in [0.25, 0.3) is 0 Å². The second-order valence-electron chi connectivity index (χ2n) is 8.49. The van der Waals surface area contributed by atoms with E-state index in [0.717, 1.165) is 0 Å². The van der Waals surface area contributed by atoms with Crippen molar-refractivity contribution in [2.75, 3.05) is 131 Å². The summed E-state index contributed by atoms with van der Waals surface area (Å²) < 4.78 is 436. The molecule has 0 rings (SSSR count). The molecular formula is C34H63F39O5. The van der Waals surface area contributed by atoms with Gasteiger partial charge in [0.2, 0.25) is 0 Å². The highest BCUT2D eigenvalue weighted by molar-refractivity contribution is 4.91. The van der Waals surface area contributed by atoms with E-state index in [2.05, 4.69) is 18.9 Å². The van der Waals surface area contributed by atoms with E-state index in [1.165, 1.54) is 27.7 Å². The minimum atomic E-state index is -6.11. The van der Waals surface area contributed by atoms with Gasteiger partial charge in [0.1, 0.15) is 6.42 Å². The van der Waals surface area contributed by atoms with Gasteiger partial charge in [0.15, 0.2) is 47.3 Å². The molecule has 0 aliphatic rings. The number of hydrogen-bond acceptors (Lipinski definition) is 5. The third kappa shape index (κ3) is 130. The summed E-state index contributed by atoms with van der Waals surface area (Å²) in [5.41, 5.74) is 0. The number of rotatable bonds is 16. The van der Waals surface area contributed by atoms with E-state index in [0.29, 0.717) is 64.3 Å². The smallest absolute Gasteiger partial charge is 0.289 e. The summed E-state index contributed by atoms with van der Waals surface area (Å²) in [6.45, 7) is -10.4. The molecule has 0 bridgehead atoms. The molecule has 0 unspecified atom stereocenters. The van der Waals surface area contributed by atoms with Gasteiger partial charge in [-0.05, 0) is 32.2 Å². The van der Waals surface area contributed by atoms with Gasteiger partial charge in [0.05, 0.1) is 84.1 Å². The quantitative estimate of drug-likeness (QED) is 0.144. The lowest BCUT2D eigenvalue weighted by Crippen LogP contribution is -2.56. The largest absolute Gasteiger partial charge is 0.428 e. The van der Waals surface area contributed by atoms with E-state index in [1.807, 2.05) is 4.94 Å². The Labute approximate surface area is 423 Å². The van der Waals surface area contributed by atoms with Gasteiger partial charge in [0, 0.05) is 6.92 Å². The lowest BCUT2D eigenvalue weighted by Gasteiger charge is -2.29. The normalized spacial score (nSPS) is 10.2. The van der Waals surface area contributed by atoms with Gasteiger partial charge in [-0.3, -0.25) is 71.6 Å².